The van der Waals surface area contributed by atoms with Crippen LogP contribution in [0.5, 0.6) is 34.5 Å². The highest BCUT2D eigenvalue weighted by Crippen LogP contribution is 2.46. The number of rotatable bonds is 16. The number of fused-ring (bicyclic) bond motifs is 2. The molecular formula is C55H61F2N5O8S2. The second-order valence-corrected chi connectivity index (χ2v) is 21.0. The molecule has 0 spiro atoms. The van der Waals surface area contributed by atoms with Gasteiger partial charge in [0.2, 0.25) is 11.8 Å². The van der Waals surface area contributed by atoms with Crippen LogP contribution >= 0.6 is 22.7 Å². The van der Waals surface area contributed by atoms with Crippen molar-refractivity contribution in [2.75, 3.05) is 43.6 Å². The highest BCUT2D eigenvalue weighted by molar-refractivity contribution is 7.14. The van der Waals surface area contributed by atoms with Gasteiger partial charge in [0.25, 0.3) is 0 Å². The molecule has 13 nitrogen and oxygen atoms in total. The van der Waals surface area contributed by atoms with Gasteiger partial charge in [-0.2, -0.15) is 0 Å². The third-order valence-corrected chi connectivity index (χ3v) is 14.9. The van der Waals surface area contributed by atoms with E-state index in [-0.39, 0.29) is 47.5 Å². The van der Waals surface area contributed by atoms with Crippen LogP contribution in [-0.2, 0) is 42.9 Å². The average Bonchev–Trinajstić information content (AvgIpc) is 4.09. The van der Waals surface area contributed by atoms with Crippen LogP contribution < -0.4 is 34.9 Å². The summed E-state index contributed by atoms with van der Waals surface area (Å²) >= 11 is 2.78. The standard InChI is InChI=1S/C28H31FN2O4S.C27H30FN3O4S/c1-28(17-26(32)31-27-30-11-13-36-27)10-5-6-19-14-24(34-18-22-8-2-3-12-33-22)25(16-23(19)28)35-21-9-4-7-20(29)15-21;1-27(16-25(32)31-26-29-10-12-36-26)22-15-24(35-20-7-4-5-19(28)14-20)23(13-18(22)8-9-30-27)34-17-21-6-2-3-11-33-21/h4,7,9,11,13-16,22H,2-3,5-6,8,10,12,17-18H2,1H3,(H,30,31,32);4-5,7,10,12-15,21,30H,2-3,6,8-9,11,16-17H2,1H3,(H,29,31,32)/t22?,28-;21?,27-/m11/s1. The number of hydrogen-bond acceptors (Lipinski definition) is 13. The summed E-state index contributed by atoms with van der Waals surface area (Å²) < 4.78 is 64.2. The van der Waals surface area contributed by atoms with E-state index in [2.05, 4.69) is 32.8 Å². The van der Waals surface area contributed by atoms with Crippen LogP contribution in [0, 0.1) is 11.6 Å². The van der Waals surface area contributed by atoms with Gasteiger partial charge in [-0.05, 0) is 142 Å². The molecule has 10 rings (SSSR count). The zero-order chi connectivity index (χ0) is 49.9. The number of anilines is 2. The van der Waals surface area contributed by atoms with Gasteiger partial charge < -0.3 is 44.4 Å². The second-order valence-electron chi connectivity index (χ2n) is 19.2. The number of carbonyl (C=O) groups excluding carboxylic acids is 2. The summed E-state index contributed by atoms with van der Waals surface area (Å²) in [6.07, 6.45) is 13.8. The topological polar surface area (TPSA) is 151 Å². The molecular weight excluding hydrogens is 961 g/mol. The summed E-state index contributed by atoms with van der Waals surface area (Å²) in [5, 5.41) is 14.1. The fourth-order valence-electron chi connectivity index (χ4n) is 9.92. The van der Waals surface area contributed by atoms with Crippen molar-refractivity contribution in [3.8, 4) is 34.5 Å². The number of halogens is 2. The number of carbonyl (C=O) groups is 2. The fourth-order valence-corrected chi connectivity index (χ4v) is 11.0. The Morgan fingerprint density at radius 1 is 0.681 bits per heavy atom. The minimum atomic E-state index is -0.625. The molecule has 2 saturated heterocycles. The lowest BCUT2D eigenvalue weighted by Crippen LogP contribution is -2.47. The van der Waals surface area contributed by atoms with E-state index in [4.69, 9.17) is 28.4 Å². The number of thiazole rings is 2. The minimum Gasteiger partial charge on any atom is -0.487 e. The molecule has 2 fully saturated rings. The van der Waals surface area contributed by atoms with E-state index < -0.39 is 5.54 Å². The molecule has 6 aromatic rings. The summed E-state index contributed by atoms with van der Waals surface area (Å²) in [6.45, 7) is 7.22. The highest BCUT2D eigenvalue weighted by Gasteiger charge is 2.37. The van der Waals surface area contributed by atoms with Crippen LogP contribution in [0.2, 0.25) is 0 Å². The van der Waals surface area contributed by atoms with E-state index >= 15 is 0 Å². The Balaban J connectivity index is 0.000000178. The number of nitrogens with one attached hydrogen (secondary N) is 3. The lowest BCUT2D eigenvalue weighted by Gasteiger charge is -2.37. The van der Waals surface area contributed by atoms with Gasteiger partial charge >= 0.3 is 0 Å². The van der Waals surface area contributed by atoms with Crippen LogP contribution in [0.3, 0.4) is 0 Å². The summed E-state index contributed by atoms with van der Waals surface area (Å²) in [5.74, 6) is 2.02. The van der Waals surface area contributed by atoms with E-state index in [1.807, 2.05) is 41.9 Å². The number of aromatic nitrogens is 2. The van der Waals surface area contributed by atoms with Crippen LogP contribution in [-0.4, -0.2) is 67.0 Å². The summed E-state index contributed by atoms with van der Waals surface area (Å²) in [4.78, 5) is 34.1. The van der Waals surface area contributed by atoms with E-state index in [0.29, 0.717) is 64.4 Å². The number of amides is 2. The molecule has 380 valence electrons. The zero-order valence-electron chi connectivity index (χ0n) is 40.6. The number of ether oxygens (including phenoxy) is 6. The molecule has 4 aromatic carbocycles. The second kappa shape index (κ2) is 23.7. The molecule has 3 N–H and O–H groups in total. The predicted molar refractivity (Wildman–Crippen MR) is 274 cm³/mol. The monoisotopic (exact) mass is 1020 g/mol. The molecule has 0 bridgehead atoms. The van der Waals surface area contributed by atoms with E-state index in [1.165, 1.54) is 46.9 Å². The Labute approximate surface area is 427 Å². The fraction of sp³-hybridized carbons (Fsp3) is 0.418. The SMILES string of the molecule is C[C@]1(CC(=O)Nc2nccs2)CCCc2cc(OCC3CCCCO3)c(Oc3cccc(F)c3)cc21.C[C@]1(CC(=O)Nc2nccs2)NCCc2cc(OCC3CCCCO3)c(Oc3cccc(F)c3)cc21. The number of benzene rings is 4. The summed E-state index contributed by atoms with van der Waals surface area (Å²) in [5.41, 5.74) is 3.26. The van der Waals surface area contributed by atoms with Crippen LogP contribution in [0.25, 0.3) is 0 Å². The number of hydrogen-bond donors (Lipinski definition) is 3. The lowest BCUT2D eigenvalue weighted by molar-refractivity contribution is -0.118. The molecule has 4 aliphatic rings. The molecule has 0 radical (unpaired) electrons. The molecule has 0 saturated carbocycles. The maximum atomic E-state index is 13.9. The van der Waals surface area contributed by atoms with Crippen molar-refractivity contribution in [3.05, 3.63) is 130 Å². The quantitative estimate of drug-likeness (QED) is 0.0850. The van der Waals surface area contributed by atoms with Crippen molar-refractivity contribution in [2.24, 2.45) is 0 Å². The lowest BCUT2D eigenvalue weighted by atomic mass is 9.69. The van der Waals surface area contributed by atoms with Crippen LogP contribution in [0.4, 0.5) is 19.0 Å². The maximum absolute atomic E-state index is 13.9. The van der Waals surface area contributed by atoms with Crippen molar-refractivity contribution in [2.45, 2.75) is 114 Å². The zero-order valence-corrected chi connectivity index (χ0v) is 42.3. The Morgan fingerprint density at radius 3 is 1.74 bits per heavy atom. The first-order valence-corrected chi connectivity index (χ1v) is 26.6. The van der Waals surface area contributed by atoms with Crippen molar-refractivity contribution in [1.82, 2.24) is 15.3 Å². The van der Waals surface area contributed by atoms with Gasteiger partial charge in [0.05, 0.1) is 12.2 Å². The van der Waals surface area contributed by atoms with Crippen molar-refractivity contribution < 1.29 is 46.8 Å². The van der Waals surface area contributed by atoms with Gasteiger partial charge in [0.1, 0.15) is 36.3 Å². The molecule has 1 aliphatic carbocycles. The van der Waals surface area contributed by atoms with E-state index in [9.17, 15) is 18.4 Å². The first-order chi connectivity index (χ1) is 35.0. The summed E-state index contributed by atoms with van der Waals surface area (Å²) in [6, 6.07) is 20.0. The minimum absolute atomic E-state index is 0.0401. The average molecular weight is 1020 g/mol. The Hall–Kier alpha value is -5.98. The molecule has 2 aromatic heterocycles. The highest BCUT2D eigenvalue weighted by atomic mass is 32.1. The normalized spacial score (nSPS) is 21.4. The van der Waals surface area contributed by atoms with Gasteiger partial charge in [-0.1, -0.05) is 19.1 Å². The molecule has 72 heavy (non-hydrogen) atoms. The van der Waals surface area contributed by atoms with Crippen LogP contribution in [0.15, 0.2) is 96.0 Å². The molecule has 3 aliphatic heterocycles. The third-order valence-electron chi connectivity index (χ3n) is 13.5. The first-order valence-electron chi connectivity index (χ1n) is 24.8. The number of aryl methyl sites for hydroxylation is 1. The van der Waals surface area contributed by atoms with Crippen molar-refractivity contribution in [1.29, 1.82) is 0 Å². The van der Waals surface area contributed by atoms with Crippen molar-refractivity contribution >= 4 is 44.8 Å². The van der Waals surface area contributed by atoms with Gasteiger partial charge in [0.15, 0.2) is 33.3 Å². The number of nitrogens with zero attached hydrogens (tertiary/aromatic N) is 2. The first kappa shape index (κ1) is 50.9. The Kier molecular flexibility index (Phi) is 16.8. The molecule has 17 heteroatoms. The molecule has 2 unspecified atom stereocenters. The van der Waals surface area contributed by atoms with Gasteiger partial charge in [-0.25, -0.2) is 18.7 Å². The third kappa shape index (κ3) is 13.3. The van der Waals surface area contributed by atoms with Gasteiger partial charge in [-0.15, -0.1) is 22.7 Å². The van der Waals surface area contributed by atoms with E-state index in [1.54, 1.807) is 36.7 Å². The van der Waals surface area contributed by atoms with Gasteiger partial charge in [-0.3, -0.25) is 9.59 Å². The Morgan fingerprint density at radius 2 is 1.22 bits per heavy atom. The molecule has 4 atom stereocenters. The van der Waals surface area contributed by atoms with Gasteiger partial charge in [0, 0.05) is 78.8 Å². The largest absolute Gasteiger partial charge is 0.487 e. The molecule has 5 heterocycles. The predicted octanol–water partition coefficient (Wildman–Crippen LogP) is 12.1. The van der Waals surface area contributed by atoms with Crippen molar-refractivity contribution in [3.63, 3.8) is 0 Å². The Bertz CT molecular complexity index is 2580. The maximum Gasteiger partial charge on any atom is 0.228 e. The van der Waals surface area contributed by atoms with Crippen LogP contribution in [0.1, 0.15) is 100 Å². The smallest absolute Gasteiger partial charge is 0.228 e. The summed E-state index contributed by atoms with van der Waals surface area (Å²) in [7, 11) is 0. The van der Waals surface area contributed by atoms with E-state index in [0.717, 1.165) is 106 Å². The molecule has 2 amide bonds.